The second-order valence-electron chi connectivity index (χ2n) is 7.09. The van der Waals surface area contributed by atoms with Crippen LogP contribution < -0.4 is 10.1 Å². The molecule has 2 aromatic rings. The van der Waals surface area contributed by atoms with Crippen molar-refractivity contribution >= 4 is 5.91 Å². The van der Waals surface area contributed by atoms with Crippen LogP contribution in [0.25, 0.3) is 0 Å². The minimum absolute atomic E-state index is 0.0128. The number of amides is 1. The Labute approximate surface area is 147 Å². The van der Waals surface area contributed by atoms with E-state index in [-0.39, 0.29) is 11.8 Å². The van der Waals surface area contributed by atoms with E-state index in [1.165, 1.54) is 6.42 Å². The van der Waals surface area contributed by atoms with Gasteiger partial charge in [-0.25, -0.2) is 0 Å². The van der Waals surface area contributed by atoms with E-state index in [1.54, 1.807) is 6.92 Å². The van der Waals surface area contributed by atoms with Crippen LogP contribution in [0, 0.1) is 12.8 Å². The van der Waals surface area contributed by atoms with Gasteiger partial charge in [0.2, 0.25) is 11.8 Å². The third kappa shape index (κ3) is 3.13. The smallest absolute Gasteiger partial charge is 0.227 e. The van der Waals surface area contributed by atoms with E-state index in [2.05, 4.69) is 15.5 Å². The molecule has 1 aliphatic carbocycles. The SMILES string of the molecule is Cc1nc(C2(NC(=O)[C@H]3COc4ccccc4C3)CCCCC2)no1. The molecule has 1 aliphatic heterocycles. The maximum absolute atomic E-state index is 13.0. The van der Waals surface area contributed by atoms with Crippen molar-refractivity contribution in [1.29, 1.82) is 0 Å². The van der Waals surface area contributed by atoms with Crippen molar-refractivity contribution in [1.82, 2.24) is 15.5 Å². The second-order valence-corrected chi connectivity index (χ2v) is 7.09. The normalized spacial score (nSPS) is 21.9. The third-order valence-corrected chi connectivity index (χ3v) is 5.27. The highest BCUT2D eigenvalue weighted by Gasteiger charge is 2.41. The number of aryl methyl sites for hydroxylation is 1. The lowest BCUT2D eigenvalue weighted by molar-refractivity contribution is -0.129. The maximum atomic E-state index is 13.0. The molecule has 0 radical (unpaired) electrons. The summed E-state index contributed by atoms with van der Waals surface area (Å²) in [4.78, 5) is 17.4. The quantitative estimate of drug-likeness (QED) is 0.929. The molecule has 6 heteroatoms. The Bertz CT molecular complexity index is 765. The number of carbonyl (C=O) groups excluding carboxylic acids is 1. The van der Waals surface area contributed by atoms with Crippen molar-refractivity contribution < 1.29 is 14.1 Å². The molecule has 25 heavy (non-hydrogen) atoms. The molecule has 0 saturated heterocycles. The van der Waals surface area contributed by atoms with Crippen LogP contribution in [0.2, 0.25) is 0 Å². The molecule has 1 N–H and O–H groups in total. The van der Waals surface area contributed by atoms with Gasteiger partial charge < -0.3 is 14.6 Å². The molecule has 2 heterocycles. The fraction of sp³-hybridized carbons (Fsp3) is 0.526. The number of benzene rings is 1. The van der Waals surface area contributed by atoms with Crippen molar-refractivity contribution in [3.8, 4) is 5.75 Å². The summed E-state index contributed by atoms with van der Waals surface area (Å²) in [5.41, 5.74) is 0.575. The van der Waals surface area contributed by atoms with Crippen molar-refractivity contribution in [3.63, 3.8) is 0 Å². The molecule has 1 atom stereocenters. The number of fused-ring (bicyclic) bond motifs is 1. The number of rotatable bonds is 3. The van der Waals surface area contributed by atoms with Gasteiger partial charge in [-0.05, 0) is 30.9 Å². The van der Waals surface area contributed by atoms with Crippen molar-refractivity contribution in [3.05, 3.63) is 41.5 Å². The topological polar surface area (TPSA) is 77.2 Å². The Kier molecular flexibility index (Phi) is 4.19. The van der Waals surface area contributed by atoms with Crippen LogP contribution in [-0.4, -0.2) is 22.7 Å². The van der Waals surface area contributed by atoms with Gasteiger partial charge in [0.25, 0.3) is 0 Å². The number of nitrogens with zero attached hydrogens (tertiary/aromatic N) is 2. The van der Waals surface area contributed by atoms with Gasteiger partial charge in [-0.15, -0.1) is 0 Å². The number of ether oxygens (including phenoxy) is 1. The third-order valence-electron chi connectivity index (χ3n) is 5.27. The summed E-state index contributed by atoms with van der Waals surface area (Å²) in [6.45, 7) is 2.19. The van der Waals surface area contributed by atoms with Gasteiger partial charge in [0, 0.05) is 6.92 Å². The Morgan fingerprint density at radius 1 is 1.24 bits per heavy atom. The zero-order chi connectivity index (χ0) is 17.3. The van der Waals surface area contributed by atoms with Crippen LogP contribution in [-0.2, 0) is 16.8 Å². The summed E-state index contributed by atoms with van der Waals surface area (Å²) in [5.74, 6) is 1.84. The van der Waals surface area contributed by atoms with E-state index >= 15 is 0 Å². The number of carbonyl (C=O) groups is 1. The van der Waals surface area contributed by atoms with E-state index in [9.17, 15) is 4.79 Å². The first-order chi connectivity index (χ1) is 12.2. The minimum atomic E-state index is -0.510. The van der Waals surface area contributed by atoms with E-state index in [1.807, 2.05) is 24.3 Å². The monoisotopic (exact) mass is 341 g/mol. The molecule has 1 saturated carbocycles. The Hall–Kier alpha value is -2.37. The zero-order valence-electron chi connectivity index (χ0n) is 14.5. The molecule has 4 rings (SSSR count). The molecule has 132 valence electrons. The van der Waals surface area contributed by atoms with E-state index in [0.717, 1.165) is 37.0 Å². The summed E-state index contributed by atoms with van der Waals surface area (Å²) in [7, 11) is 0. The lowest BCUT2D eigenvalue weighted by Gasteiger charge is -2.37. The van der Waals surface area contributed by atoms with Gasteiger partial charge in [-0.2, -0.15) is 4.98 Å². The fourth-order valence-corrected chi connectivity index (χ4v) is 3.89. The first kappa shape index (κ1) is 16.1. The molecular formula is C19H23N3O3. The minimum Gasteiger partial charge on any atom is -0.492 e. The van der Waals surface area contributed by atoms with Gasteiger partial charge in [0.15, 0.2) is 5.82 Å². The standard InChI is InChI=1S/C19H23N3O3/c1-13-20-18(22-25-13)19(9-5-2-6-10-19)21-17(23)15-11-14-7-3-4-8-16(14)24-12-15/h3-4,7-8,15H,2,5-6,9-12H2,1H3,(H,21,23)/t15-/m1/s1. The van der Waals surface area contributed by atoms with Gasteiger partial charge in [-0.3, -0.25) is 4.79 Å². The van der Waals surface area contributed by atoms with Crippen LogP contribution >= 0.6 is 0 Å². The number of para-hydroxylation sites is 1. The fourth-order valence-electron chi connectivity index (χ4n) is 3.89. The highest BCUT2D eigenvalue weighted by molar-refractivity contribution is 5.80. The molecule has 2 aliphatic rings. The number of aromatic nitrogens is 2. The first-order valence-electron chi connectivity index (χ1n) is 9.00. The number of nitrogens with one attached hydrogen (secondary N) is 1. The van der Waals surface area contributed by atoms with Gasteiger partial charge in [-0.1, -0.05) is 42.6 Å². The molecule has 1 fully saturated rings. The summed E-state index contributed by atoms with van der Waals surface area (Å²) in [6, 6.07) is 7.91. The molecule has 0 spiro atoms. The predicted molar refractivity (Wildman–Crippen MR) is 91.1 cm³/mol. The number of hydrogen-bond donors (Lipinski definition) is 1. The molecule has 0 bridgehead atoms. The van der Waals surface area contributed by atoms with Crippen molar-refractivity contribution in [2.24, 2.45) is 5.92 Å². The van der Waals surface area contributed by atoms with E-state index < -0.39 is 5.54 Å². The Morgan fingerprint density at radius 3 is 2.80 bits per heavy atom. The Morgan fingerprint density at radius 2 is 2.04 bits per heavy atom. The first-order valence-corrected chi connectivity index (χ1v) is 9.00. The number of hydrogen-bond acceptors (Lipinski definition) is 5. The maximum Gasteiger partial charge on any atom is 0.227 e. The van der Waals surface area contributed by atoms with Gasteiger partial charge >= 0.3 is 0 Å². The van der Waals surface area contributed by atoms with Crippen molar-refractivity contribution in [2.75, 3.05) is 6.61 Å². The van der Waals surface area contributed by atoms with Crippen LogP contribution in [0.3, 0.4) is 0 Å². The van der Waals surface area contributed by atoms with Gasteiger partial charge in [0.05, 0.1) is 5.92 Å². The average Bonchev–Trinajstić information content (AvgIpc) is 3.09. The largest absolute Gasteiger partial charge is 0.492 e. The van der Waals surface area contributed by atoms with Crippen LogP contribution in [0.4, 0.5) is 0 Å². The van der Waals surface area contributed by atoms with E-state index in [4.69, 9.17) is 9.26 Å². The molecule has 1 amide bonds. The molecule has 6 nitrogen and oxygen atoms in total. The van der Waals surface area contributed by atoms with Crippen LogP contribution in [0.1, 0.15) is 49.4 Å². The Balaban J connectivity index is 1.53. The predicted octanol–water partition coefficient (Wildman–Crippen LogP) is 2.90. The summed E-state index contributed by atoms with van der Waals surface area (Å²) in [6.07, 6.45) is 5.68. The highest BCUT2D eigenvalue weighted by atomic mass is 16.5. The van der Waals surface area contributed by atoms with Gasteiger partial charge in [0.1, 0.15) is 17.9 Å². The molecule has 1 aromatic carbocycles. The van der Waals surface area contributed by atoms with E-state index in [0.29, 0.717) is 24.7 Å². The summed E-state index contributed by atoms with van der Waals surface area (Å²) < 4.78 is 11.0. The van der Waals surface area contributed by atoms with Crippen molar-refractivity contribution in [2.45, 2.75) is 51.0 Å². The lowest BCUT2D eigenvalue weighted by Crippen LogP contribution is -2.51. The highest BCUT2D eigenvalue weighted by Crippen LogP contribution is 2.36. The molecular weight excluding hydrogens is 318 g/mol. The second kappa shape index (κ2) is 6.50. The zero-order valence-corrected chi connectivity index (χ0v) is 14.5. The summed E-state index contributed by atoms with van der Waals surface area (Å²) >= 11 is 0. The van der Waals surface area contributed by atoms with Crippen LogP contribution in [0.15, 0.2) is 28.8 Å². The lowest BCUT2D eigenvalue weighted by atomic mass is 9.80. The average molecular weight is 341 g/mol. The molecule has 0 unspecified atom stereocenters. The summed E-state index contributed by atoms with van der Waals surface area (Å²) in [5, 5.41) is 7.37. The van der Waals surface area contributed by atoms with Crippen LogP contribution in [0.5, 0.6) is 5.75 Å². The molecule has 1 aromatic heterocycles.